The molecule has 0 aliphatic carbocycles. The monoisotopic (exact) mass is 275 g/mol. The van der Waals surface area contributed by atoms with Gasteiger partial charge >= 0.3 is 12.3 Å². The van der Waals surface area contributed by atoms with Gasteiger partial charge in [0.25, 0.3) is 0 Å². The van der Waals surface area contributed by atoms with Gasteiger partial charge in [0.1, 0.15) is 5.69 Å². The first-order valence-electron chi connectivity index (χ1n) is 5.64. The molecule has 1 aromatic rings. The maximum atomic E-state index is 12.4. The van der Waals surface area contributed by atoms with Crippen LogP contribution < -0.4 is 10.2 Å². The van der Waals surface area contributed by atoms with E-state index in [-0.39, 0.29) is 6.04 Å². The van der Waals surface area contributed by atoms with Crippen molar-refractivity contribution in [3.63, 3.8) is 0 Å². The molecule has 104 valence electrons. The van der Waals surface area contributed by atoms with Crippen LogP contribution in [0.2, 0.25) is 0 Å². The lowest BCUT2D eigenvalue weighted by atomic mass is 10.3. The van der Waals surface area contributed by atoms with Crippen molar-refractivity contribution < 1.29 is 23.1 Å². The molecular weight excluding hydrogens is 263 g/mol. The molecule has 0 radical (unpaired) electrons. The van der Waals surface area contributed by atoms with E-state index >= 15 is 0 Å². The molecule has 1 aliphatic rings. The number of hydrogen-bond acceptors (Lipinski definition) is 3. The third kappa shape index (κ3) is 3.27. The van der Waals surface area contributed by atoms with Gasteiger partial charge in [-0.05, 0) is 18.6 Å². The molecular formula is C11H12F3N3O2. The van der Waals surface area contributed by atoms with Crippen molar-refractivity contribution in [1.29, 1.82) is 0 Å². The van der Waals surface area contributed by atoms with Crippen molar-refractivity contribution in [3.8, 4) is 0 Å². The smallest absolute Gasteiger partial charge is 0.433 e. The minimum absolute atomic E-state index is 0.209. The largest absolute Gasteiger partial charge is 0.465 e. The zero-order valence-corrected chi connectivity index (χ0v) is 9.81. The van der Waals surface area contributed by atoms with Crippen LogP contribution in [0.4, 0.5) is 23.7 Å². The number of carboxylic acid groups (broad SMARTS) is 1. The summed E-state index contributed by atoms with van der Waals surface area (Å²) in [6.45, 7) is 1.01. The highest BCUT2D eigenvalue weighted by atomic mass is 19.4. The average molecular weight is 275 g/mol. The van der Waals surface area contributed by atoms with E-state index in [0.717, 1.165) is 12.3 Å². The Kier molecular flexibility index (Phi) is 3.50. The molecule has 1 aromatic heterocycles. The first-order valence-corrected chi connectivity index (χ1v) is 5.64. The molecule has 8 heteroatoms. The first-order chi connectivity index (χ1) is 8.86. The van der Waals surface area contributed by atoms with E-state index < -0.39 is 18.0 Å². The lowest BCUT2D eigenvalue weighted by molar-refractivity contribution is -0.141. The van der Waals surface area contributed by atoms with Crippen LogP contribution in [0.15, 0.2) is 18.3 Å². The molecule has 0 bridgehead atoms. The molecule has 1 saturated heterocycles. The SMILES string of the molecule is O=C(O)NC1CCN(c2ccc(C(F)(F)F)nc2)C1. The number of carbonyl (C=O) groups is 1. The third-order valence-corrected chi connectivity index (χ3v) is 2.92. The molecule has 1 atom stereocenters. The molecule has 0 spiro atoms. The Labute approximate surface area is 107 Å². The standard InChI is InChI=1S/C11H12F3N3O2/c12-11(13,14)9-2-1-8(5-15-9)17-4-3-7(6-17)16-10(18)19/h1-2,5,7,16H,3-4,6H2,(H,18,19). The molecule has 0 aromatic carbocycles. The third-order valence-electron chi connectivity index (χ3n) is 2.92. The highest BCUT2D eigenvalue weighted by molar-refractivity contribution is 5.65. The zero-order chi connectivity index (χ0) is 14.0. The lowest BCUT2D eigenvalue weighted by Crippen LogP contribution is -2.36. The summed E-state index contributed by atoms with van der Waals surface area (Å²) in [5, 5.41) is 10.9. The minimum Gasteiger partial charge on any atom is -0.465 e. The van der Waals surface area contributed by atoms with Crippen molar-refractivity contribution in [2.45, 2.75) is 18.6 Å². The highest BCUT2D eigenvalue weighted by Crippen LogP contribution is 2.29. The van der Waals surface area contributed by atoms with Crippen LogP contribution in [0.25, 0.3) is 0 Å². The van der Waals surface area contributed by atoms with E-state index in [9.17, 15) is 18.0 Å². The van der Waals surface area contributed by atoms with Gasteiger partial charge in [0.2, 0.25) is 0 Å². The summed E-state index contributed by atoms with van der Waals surface area (Å²) in [5.74, 6) is 0. The van der Waals surface area contributed by atoms with Gasteiger partial charge in [-0.25, -0.2) is 9.78 Å². The molecule has 1 amide bonds. The predicted octanol–water partition coefficient (Wildman–Crippen LogP) is 1.95. The van der Waals surface area contributed by atoms with Crippen LogP contribution in [-0.2, 0) is 6.18 Å². The Hall–Kier alpha value is -1.99. The van der Waals surface area contributed by atoms with Crippen molar-refractivity contribution in [1.82, 2.24) is 10.3 Å². The molecule has 1 fully saturated rings. The number of hydrogen-bond donors (Lipinski definition) is 2. The first kappa shape index (κ1) is 13.4. The summed E-state index contributed by atoms with van der Waals surface area (Å²) in [6.07, 6.45) is -3.77. The van der Waals surface area contributed by atoms with E-state index in [1.165, 1.54) is 6.07 Å². The van der Waals surface area contributed by atoms with E-state index in [1.54, 1.807) is 4.90 Å². The second-order valence-electron chi connectivity index (χ2n) is 4.28. The fourth-order valence-corrected chi connectivity index (χ4v) is 2.03. The molecule has 0 saturated carbocycles. The van der Waals surface area contributed by atoms with Crippen LogP contribution in [0.3, 0.4) is 0 Å². The Morgan fingerprint density at radius 1 is 1.47 bits per heavy atom. The number of nitrogens with zero attached hydrogens (tertiary/aromatic N) is 2. The summed E-state index contributed by atoms with van der Waals surface area (Å²) in [6, 6.07) is 2.06. The molecule has 2 N–H and O–H groups in total. The van der Waals surface area contributed by atoms with E-state index in [0.29, 0.717) is 25.2 Å². The number of amides is 1. The molecule has 2 heterocycles. The van der Waals surface area contributed by atoms with Gasteiger partial charge in [-0.3, -0.25) is 0 Å². The normalized spacial score (nSPS) is 19.5. The summed E-state index contributed by atoms with van der Waals surface area (Å²) in [4.78, 5) is 15.7. The van der Waals surface area contributed by atoms with Gasteiger partial charge in [-0.2, -0.15) is 13.2 Å². The fraction of sp³-hybridized carbons (Fsp3) is 0.455. The van der Waals surface area contributed by atoms with Gasteiger partial charge in [0, 0.05) is 13.1 Å². The molecule has 19 heavy (non-hydrogen) atoms. The Balaban J connectivity index is 2.02. The Morgan fingerprint density at radius 2 is 2.21 bits per heavy atom. The molecule has 1 unspecified atom stereocenters. The van der Waals surface area contributed by atoms with Gasteiger partial charge < -0.3 is 15.3 Å². The Bertz CT molecular complexity index is 461. The lowest BCUT2D eigenvalue weighted by Gasteiger charge is -2.18. The van der Waals surface area contributed by atoms with Gasteiger partial charge in [0.05, 0.1) is 17.9 Å². The van der Waals surface area contributed by atoms with Crippen molar-refractivity contribution >= 4 is 11.8 Å². The molecule has 5 nitrogen and oxygen atoms in total. The van der Waals surface area contributed by atoms with Gasteiger partial charge in [-0.1, -0.05) is 0 Å². The highest BCUT2D eigenvalue weighted by Gasteiger charge is 2.32. The second kappa shape index (κ2) is 4.94. The molecule has 1 aliphatic heterocycles. The van der Waals surface area contributed by atoms with Crippen LogP contribution in [0, 0.1) is 0 Å². The zero-order valence-electron chi connectivity index (χ0n) is 9.81. The predicted molar refractivity (Wildman–Crippen MR) is 61.0 cm³/mol. The number of aromatic nitrogens is 1. The number of nitrogens with one attached hydrogen (secondary N) is 1. The summed E-state index contributed by atoms with van der Waals surface area (Å²) in [5.41, 5.74) is -0.377. The average Bonchev–Trinajstić information content (AvgIpc) is 2.75. The maximum Gasteiger partial charge on any atom is 0.433 e. The Morgan fingerprint density at radius 3 is 2.74 bits per heavy atom. The topological polar surface area (TPSA) is 65.5 Å². The van der Waals surface area contributed by atoms with Crippen LogP contribution >= 0.6 is 0 Å². The van der Waals surface area contributed by atoms with Crippen LogP contribution in [0.5, 0.6) is 0 Å². The minimum atomic E-state index is -4.45. The summed E-state index contributed by atoms with van der Waals surface area (Å²) < 4.78 is 37.1. The maximum absolute atomic E-state index is 12.4. The molecule has 2 rings (SSSR count). The van der Waals surface area contributed by atoms with E-state index in [4.69, 9.17) is 5.11 Å². The quantitative estimate of drug-likeness (QED) is 0.865. The number of anilines is 1. The van der Waals surface area contributed by atoms with E-state index in [2.05, 4.69) is 10.3 Å². The second-order valence-corrected chi connectivity index (χ2v) is 4.28. The number of halogens is 3. The van der Waals surface area contributed by atoms with Crippen molar-refractivity contribution in [3.05, 3.63) is 24.0 Å². The van der Waals surface area contributed by atoms with Gasteiger partial charge in [0.15, 0.2) is 0 Å². The van der Waals surface area contributed by atoms with Crippen LogP contribution in [0.1, 0.15) is 12.1 Å². The van der Waals surface area contributed by atoms with E-state index in [1.807, 2.05) is 0 Å². The van der Waals surface area contributed by atoms with Crippen LogP contribution in [-0.4, -0.2) is 35.3 Å². The van der Waals surface area contributed by atoms with Crippen molar-refractivity contribution in [2.75, 3.05) is 18.0 Å². The van der Waals surface area contributed by atoms with Crippen molar-refractivity contribution in [2.24, 2.45) is 0 Å². The fourth-order valence-electron chi connectivity index (χ4n) is 2.03. The number of alkyl halides is 3. The number of pyridine rings is 1. The number of rotatable bonds is 2. The summed E-state index contributed by atoms with van der Waals surface area (Å²) in [7, 11) is 0. The van der Waals surface area contributed by atoms with Gasteiger partial charge in [-0.15, -0.1) is 0 Å². The summed E-state index contributed by atoms with van der Waals surface area (Å²) >= 11 is 0.